The molecule has 0 spiro atoms. The van der Waals surface area contributed by atoms with Crippen LogP contribution in [-0.4, -0.2) is 44.3 Å². The molecule has 0 saturated carbocycles. The van der Waals surface area contributed by atoms with E-state index in [1.54, 1.807) is 19.4 Å². The summed E-state index contributed by atoms with van der Waals surface area (Å²) in [5, 5.41) is 2.95. The molecule has 0 unspecified atom stereocenters. The Bertz CT molecular complexity index is 1060. The molecular weight excluding hydrogens is 402 g/mol. The molecule has 6 nitrogen and oxygen atoms in total. The molecule has 0 atom stereocenters. The number of hydrogen-bond acceptors (Lipinski definition) is 5. The number of morpholine rings is 1. The Hall–Kier alpha value is -3.38. The van der Waals surface area contributed by atoms with Crippen molar-refractivity contribution in [2.45, 2.75) is 19.8 Å². The summed E-state index contributed by atoms with van der Waals surface area (Å²) in [4.78, 5) is 19.5. The first-order valence-corrected chi connectivity index (χ1v) is 10.9. The van der Waals surface area contributed by atoms with Crippen LogP contribution in [0.25, 0.3) is 11.3 Å². The van der Waals surface area contributed by atoms with Crippen molar-refractivity contribution in [1.29, 1.82) is 0 Å². The number of ether oxygens (including phenoxy) is 2. The normalized spacial score (nSPS) is 13.8. The Morgan fingerprint density at radius 1 is 1.06 bits per heavy atom. The van der Waals surface area contributed by atoms with Gasteiger partial charge in [-0.05, 0) is 60.0 Å². The summed E-state index contributed by atoms with van der Waals surface area (Å²) in [6.07, 6.45) is 1.61. The van der Waals surface area contributed by atoms with Gasteiger partial charge in [0.25, 0.3) is 5.91 Å². The second kappa shape index (κ2) is 9.83. The molecule has 2 heterocycles. The summed E-state index contributed by atoms with van der Waals surface area (Å²) >= 11 is 0. The highest BCUT2D eigenvalue weighted by Crippen LogP contribution is 2.32. The number of nitrogens with zero attached hydrogens (tertiary/aromatic N) is 2. The molecule has 1 amide bonds. The van der Waals surface area contributed by atoms with Crippen LogP contribution in [0.2, 0.25) is 0 Å². The fourth-order valence-electron chi connectivity index (χ4n) is 3.75. The SMILES string of the molecule is COc1ccc(C(C)C)cc1-c1ccc(C(=O)Nc2ccc(N3CCOCC3)cc2)cn1. The van der Waals surface area contributed by atoms with E-state index < -0.39 is 0 Å². The molecule has 3 aromatic rings. The zero-order chi connectivity index (χ0) is 22.5. The lowest BCUT2D eigenvalue weighted by atomic mass is 9.98. The highest BCUT2D eigenvalue weighted by Gasteiger charge is 2.14. The van der Waals surface area contributed by atoms with Gasteiger partial charge in [-0.15, -0.1) is 0 Å². The minimum atomic E-state index is -0.189. The zero-order valence-corrected chi connectivity index (χ0v) is 18.8. The molecule has 4 rings (SSSR count). The quantitative estimate of drug-likeness (QED) is 0.597. The van der Waals surface area contributed by atoms with Gasteiger partial charge in [0.2, 0.25) is 0 Å². The molecule has 1 N–H and O–H groups in total. The first-order chi connectivity index (χ1) is 15.5. The van der Waals surface area contributed by atoms with E-state index in [0.717, 1.165) is 54.7 Å². The molecule has 1 fully saturated rings. The number of nitrogens with one attached hydrogen (secondary N) is 1. The lowest BCUT2D eigenvalue weighted by Crippen LogP contribution is -2.36. The fraction of sp³-hybridized carbons (Fsp3) is 0.308. The van der Waals surface area contributed by atoms with Crippen LogP contribution >= 0.6 is 0 Å². The van der Waals surface area contributed by atoms with E-state index in [2.05, 4.69) is 41.2 Å². The van der Waals surface area contributed by atoms with Crippen molar-refractivity contribution in [1.82, 2.24) is 4.98 Å². The first-order valence-electron chi connectivity index (χ1n) is 10.9. The van der Waals surface area contributed by atoms with Crippen LogP contribution in [0.3, 0.4) is 0 Å². The molecule has 2 aromatic carbocycles. The van der Waals surface area contributed by atoms with Crippen molar-refractivity contribution < 1.29 is 14.3 Å². The summed E-state index contributed by atoms with van der Waals surface area (Å²) in [6, 6.07) is 17.7. The summed E-state index contributed by atoms with van der Waals surface area (Å²) in [5.74, 6) is 0.977. The van der Waals surface area contributed by atoms with Crippen LogP contribution in [0.4, 0.5) is 11.4 Å². The van der Waals surface area contributed by atoms with Gasteiger partial charge in [0, 0.05) is 36.2 Å². The second-order valence-corrected chi connectivity index (χ2v) is 8.15. The van der Waals surface area contributed by atoms with Crippen LogP contribution in [-0.2, 0) is 4.74 Å². The number of rotatable bonds is 6. The number of pyridine rings is 1. The number of benzene rings is 2. The molecule has 0 radical (unpaired) electrons. The smallest absolute Gasteiger partial charge is 0.257 e. The van der Waals surface area contributed by atoms with Crippen LogP contribution in [0, 0.1) is 0 Å². The van der Waals surface area contributed by atoms with Crippen LogP contribution in [0.1, 0.15) is 35.7 Å². The van der Waals surface area contributed by atoms with E-state index in [1.165, 1.54) is 5.56 Å². The van der Waals surface area contributed by atoms with Gasteiger partial charge in [-0.3, -0.25) is 9.78 Å². The number of hydrogen-bond donors (Lipinski definition) is 1. The number of aromatic nitrogens is 1. The third-order valence-corrected chi connectivity index (χ3v) is 5.69. The summed E-state index contributed by atoms with van der Waals surface area (Å²) in [6.45, 7) is 7.56. The van der Waals surface area contributed by atoms with Gasteiger partial charge >= 0.3 is 0 Å². The number of carbonyl (C=O) groups is 1. The number of anilines is 2. The van der Waals surface area contributed by atoms with Crippen molar-refractivity contribution in [3.8, 4) is 17.0 Å². The second-order valence-electron chi connectivity index (χ2n) is 8.15. The highest BCUT2D eigenvalue weighted by molar-refractivity contribution is 6.04. The molecule has 0 aliphatic carbocycles. The Balaban J connectivity index is 1.46. The van der Waals surface area contributed by atoms with Crippen molar-refractivity contribution in [3.63, 3.8) is 0 Å². The molecule has 1 aliphatic heterocycles. The molecule has 1 saturated heterocycles. The lowest BCUT2D eigenvalue weighted by Gasteiger charge is -2.28. The molecule has 1 aromatic heterocycles. The van der Waals surface area contributed by atoms with Crippen molar-refractivity contribution in [2.24, 2.45) is 0 Å². The third kappa shape index (κ3) is 4.92. The zero-order valence-electron chi connectivity index (χ0n) is 18.8. The van der Waals surface area contributed by atoms with E-state index in [9.17, 15) is 4.79 Å². The maximum atomic E-state index is 12.7. The van der Waals surface area contributed by atoms with Gasteiger partial charge in [-0.2, -0.15) is 0 Å². The van der Waals surface area contributed by atoms with Gasteiger partial charge in [0.1, 0.15) is 5.75 Å². The number of carbonyl (C=O) groups excluding carboxylic acids is 1. The predicted molar refractivity (Wildman–Crippen MR) is 128 cm³/mol. The van der Waals surface area contributed by atoms with Crippen LogP contribution in [0.15, 0.2) is 60.8 Å². The monoisotopic (exact) mass is 431 g/mol. The van der Waals surface area contributed by atoms with E-state index in [0.29, 0.717) is 11.5 Å². The maximum Gasteiger partial charge on any atom is 0.257 e. The van der Waals surface area contributed by atoms with E-state index in [-0.39, 0.29) is 5.91 Å². The molecular formula is C26H29N3O3. The third-order valence-electron chi connectivity index (χ3n) is 5.69. The van der Waals surface area contributed by atoms with Gasteiger partial charge in [-0.1, -0.05) is 19.9 Å². The van der Waals surface area contributed by atoms with E-state index in [4.69, 9.17) is 9.47 Å². The first kappa shape index (κ1) is 21.8. The van der Waals surface area contributed by atoms with Gasteiger partial charge in [0.05, 0.1) is 31.6 Å². The average molecular weight is 432 g/mol. The Morgan fingerprint density at radius 2 is 1.81 bits per heavy atom. The summed E-state index contributed by atoms with van der Waals surface area (Å²) in [5.41, 5.74) is 5.30. The largest absolute Gasteiger partial charge is 0.496 e. The fourth-order valence-corrected chi connectivity index (χ4v) is 3.75. The number of methoxy groups -OCH3 is 1. The Kier molecular flexibility index (Phi) is 6.71. The predicted octanol–water partition coefficient (Wildman–Crippen LogP) is 4.97. The van der Waals surface area contributed by atoms with Gasteiger partial charge < -0.3 is 19.7 Å². The summed E-state index contributed by atoms with van der Waals surface area (Å²) in [7, 11) is 1.65. The average Bonchev–Trinajstić information content (AvgIpc) is 2.84. The Morgan fingerprint density at radius 3 is 2.44 bits per heavy atom. The number of amides is 1. The van der Waals surface area contributed by atoms with Crippen LogP contribution < -0.4 is 15.0 Å². The Labute approximate surface area is 189 Å². The molecule has 0 bridgehead atoms. The maximum absolute atomic E-state index is 12.7. The topological polar surface area (TPSA) is 63.7 Å². The summed E-state index contributed by atoms with van der Waals surface area (Å²) < 4.78 is 10.9. The van der Waals surface area contributed by atoms with Crippen LogP contribution in [0.5, 0.6) is 5.75 Å². The van der Waals surface area contributed by atoms with Gasteiger partial charge in [0.15, 0.2) is 0 Å². The molecule has 32 heavy (non-hydrogen) atoms. The van der Waals surface area contributed by atoms with E-state index in [1.807, 2.05) is 36.4 Å². The van der Waals surface area contributed by atoms with E-state index >= 15 is 0 Å². The van der Waals surface area contributed by atoms with Crippen molar-refractivity contribution >= 4 is 17.3 Å². The highest BCUT2D eigenvalue weighted by atomic mass is 16.5. The minimum Gasteiger partial charge on any atom is -0.496 e. The minimum absolute atomic E-state index is 0.189. The van der Waals surface area contributed by atoms with Gasteiger partial charge in [-0.25, -0.2) is 0 Å². The molecule has 1 aliphatic rings. The molecule has 166 valence electrons. The lowest BCUT2D eigenvalue weighted by molar-refractivity contribution is 0.102. The van der Waals surface area contributed by atoms with Crippen molar-refractivity contribution in [3.05, 3.63) is 71.9 Å². The standard InChI is InChI=1S/C26H29N3O3/c1-18(2)19-5-11-25(31-3)23(16-19)24-10-4-20(17-27-24)26(30)28-21-6-8-22(9-7-21)29-12-14-32-15-13-29/h4-11,16-18H,12-15H2,1-3H3,(H,28,30). The van der Waals surface area contributed by atoms with Crippen molar-refractivity contribution in [2.75, 3.05) is 43.6 Å². The molecule has 6 heteroatoms.